The molecule has 1 aromatic heterocycles. The number of sulfonamides is 1. The maximum absolute atomic E-state index is 11.2. The number of nitrogens with one attached hydrogen (secondary N) is 2. The minimum Gasteiger partial charge on any atom is -0.397 e. The van der Waals surface area contributed by atoms with Crippen LogP contribution in [0.3, 0.4) is 0 Å². The van der Waals surface area contributed by atoms with Crippen LogP contribution in [0.15, 0.2) is 29.4 Å². The highest BCUT2D eigenvalue weighted by Crippen LogP contribution is 2.22. The van der Waals surface area contributed by atoms with Crippen molar-refractivity contribution in [1.29, 1.82) is 0 Å². The summed E-state index contributed by atoms with van der Waals surface area (Å²) in [5.41, 5.74) is 6.62. The second-order valence-electron chi connectivity index (χ2n) is 3.58. The van der Waals surface area contributed by atoms with Crippen molar-refractivity contribution in [3.8, 4) is 0 Å². The number of anilines is 2. The molecule has 0 unspecified atom stereocenters. The van der Waals surface area contributed by atoms with E-state index in [0.717, 1.165) is 0 Å². The van der Waals surface area contributed by atoms with E-state index in [4.69, 9.17) is 10.9 Å². The van der Waals surface area contributed by atoms with Crippen molar-refractivity contribution in [2.24, 2.45) is 5.14 Å². The molecule has 0 aliphatic heterocycles. The highest BCUT2D eigenvalue weighted by atomic mass is 32.2. The first-order chi connectivity index (χ1) is 8.47. The first kappa shape index (κ1) is 12.3. The van der Waals surface area contributed by atoms with Gasteiger partial charge in [0.25, 0.3) is 0 Å². The van der Waals surface area contributed by atoms with Crippen LogP contribution in [0.25, 0.3) is 0 Å². The quantitative estimate of drug-likeness (QED) is 0.558. The molecule has 0 saturated heterocycles. The first-order valence-electron chi connectivity index (χ1n) is 4.97. The average Bonchev–Trinajstić information content (AvgIpc) is 2.79. The van der Waals surface area contributed by atoms with Crippen LogP contribution in [-0.4, -0.2) is 23.6 Å². The number of hydrogen-bond acceptors (Lipinski definition) is 6. The number of benzene rings is 1. The van der Waals surface area contributed by atoms with Gasteiger partial charge in [0.05, 0.1) is 22.8 Å². The summed E-state index contributed by atoms with van der Waals surface area (Å²) < 4.78 is 22.4. The molecule has 2 rings (SSSR count). The molecule has 0 fully saturated rings. The summed E-state index contributed by atoms with van der Waals surface area (Å²) in [6.07, 6.45) is 1.38. The Morgan fingerprint density at radius 2 is 2.17 bits per heavy atom. The molecule has 96 valence electrons. The first-order valence-corrected chi connectivity index (χ1v) is 6.52. The zero-order valence-corrected chi connectivity index (χ0v) is 10.1. The molecule has 8 nitrogen and oxygen atoms in total. The summed E-state index contributed by atoms with van der Waals surface area (Å²) in [6.45, 7) is 0.346. The van der Waals surface area contributed by atoms with E-state index in [1.54, 1.807) is 0 Å². The summed E-state index contributed by atoms with van der Waals surface area (Å²) in [6, 6.07) is 4.20. The number of nitrogens with zero attached hydrogens (tertiary/aromatic N) is 2. The van der Waals surface area contributed by atoms with E-state index in [1.807, 2.05) is 0 Å². The number of aromatic nitrogens is 3. The van der Waals surface area contributed by atoms with Crippen LogP contribution in [0.1, 0.15) is 5.82 Å². The van der Waals surface area contributed by atoms with Gasteiger partial charge >= 0.3 is 0 Å². The van der Waals surface area contributed by atoms with Crippen LogP contribution in [-0.2, 0) is 16.6 Å². The number of nitrogens with two attached hydrogens (primary N) is 2. The van der Waals surface area contributed by atoms with E-state index < -0.39 is 10.0 Å². The standard InChI is InChI=1S/C9H12N6O2S/c10-7-2-1-6(18(11,16)17)3-8(7)12-4-9-13-5-14-15-9/h1-3,5,12H,4,10H2,(H2,11,16,17)(H,13,14,15). The smallest absolute Gasteiger partial charge is 0.238 e. The molecule has 2 aromatic rings. The molecule has 0 radical (unpaired) electrons. The number of rotatable bonds is 4. The number of aromatic amines is 1. The molecule has 0 bridgehead atoms. The molecule has 1 aromatic carbocycles. The van der Waals surface area contributed by atoms with Gasteiger partial charge in [0.2, 0.25) is 10.0 Å². The van der Waals surface area contributed by atoms with Gasteiger partial charge in [0.15, 0.2) is 0 Å². The molecule has 9 heteroatoms. The van der Waals surface area contributed by atoms with Gasteiger partial charge in [-0.25, -0.2) is 18.5 Å². The minimum atomic E-state index is -3.75. The Hall–Kier alpha value is -2.13. The van der Waals surface area contributed by atoms with Crippen molar-refractivity contribution < 1.29 is 8.42 Å². The van der Waals surface area contributed by atoms with E-state index in [9.17, 15) is 8.42 Å². The minimum absolute atomic E-state index is 0.00299. The fourth-order valence-electron chi connectivity index (χ4n) is 1.36. The number of H-pyrrole nitrogens is 1. The van der Waals surface area contributed by atoms with Crippen LogP contribution < -0.4 is 16.2 Å². The Morgan fingerprint density at radius 1 is 1.39 bits per heavy atom. The largest absolute Gasteiger partial charge is 0.397 e. The van der Waals surface area contributed by atoms with Gasteiger partial charge in [-0.2, -0.15) is 5.10 Å². The summed E-state index contributed by atoms with van der Waals surface area (Å²) in [7, 11) is -3.75. The van der Waals surface area contributed by atoms with Crippen molar-refractivity contribution in [1.82, 2.24) is 15.2 Å². The fourth-order valence-corrected chi connectivity index (χ4v) is 1.90. The predicted octanol–water partition coefficient (Wildman–Crippen LogP) is -0.354. The van der Waals surface area contributed by atoms with Gasteiger partial charge in [-0.05, 0) is 18.2 Å². The topological polar surface area (TPSA) is 140 Å². The molecule has 0 aliphatic rings. The SMILES string of the molecule is Nc1ccc(S(N)(=O)=O)cc1NCc1ncn[nH]1. The summed E-state index contributed by atoms with van der Waals surface area (Å²) in [4.78, 5) is 3.92. The fraction of sp³-hybridized carbons (Fsp3) is 0.111. The zero-order valence-electron chi connectivity index (χ0n) is 9.29. The molecule has 0 aliphatic carbocycles. The number of primary sulfonamides is 1. The van der Waals surface area contributed by atoms with Gasteiger partial charge in [-0.15, -0.1) is 0 Å². The third-order valence-electron chi connectivity index (χ3n) is 2.26. The molecule has 0 amide bonds. The van der Waals surface area contributed by atoms with E-state index in [0.29, 0.717) is 23.7 Å². The second-order valence-corrected chi connectivity index (χ2v) is 5.14. The summed E-state index contributed by atoms with van der Waals surface area (Å²) in [5, 5.41) is 14.3. The lowest BCUT2D eigenvalue weighted by Gasteiger charge is -2.09. The summed E-state index contributed by atoms with van der Waals surface area (Å²) in [5.74, 6) is 0.607. The number of nitrogen functional groups attached to an aromatic ring is 1. The van der Waals surface area contributed by atoms with Crippen molar-refractivity contribution in [3.63, 3.8) is 0 Å². The molecule has 0 atom stereocenters. The van der Waals surface area contributed by atoms with Crippen LogP contribution in [0.5, 0.6) is 0 Å². The van der Waals surface area contributed by atoms with E-state index >= 15 is 0 Å². The maximum atomic E-state index is 11.2. The van der Waals surface area contributed by atoms with E-state index in [-0.39, 0.29) is 4.90 Å². The molecule has 1 heterocycles. The molecule has 6 N–H and O–H groups in total. The van der Waals surface area contributed by atoms with Crippen molar-refractivity contribution in [2.45, 2.75) is 11.4 Å². The average molecular weight is 268 g/mol. The van der Waals surface area contributed by atoms with Crippen LogP contribution >= 0.6 is 0 Å². The van der Waals surface area contributed by atoms with Gasteiger partial charge in [-0.1, -0.05) is 0 Å². The van der Waals surface area contributed by atoms with E-state index in [2.05, 4.69) is 20.5 Å². The van der Waals surface area contributed by atoms with E-state index in [1.165, 1.54) is 24.5 Å². The van der Waals surface area contributed by atoms with Gasteiger partial charge in [0.1, 0.15) is 12.2 Å². The highest BCUT2D eigenvalue weighted by Gasteiger charge is 2.10. The lowest BCUT2D eigenvalue weighted by Crippen LogP contribution is -2.13. The molecule has 0 spiro atoms. The van der Waals surface area contributed by atoms with Crippen LogP contribution in [0.2, 0.25) is 0 Å². The molecular formula is C9H12N6O2S. The monoisotopic (exact) mass is 268 g/mol. The molecule has 18 heavy (non-hydrogen) atoms. The Kier molecular flexibility index (Phi) is 3.17. The molecule has 0 saturated carbocycles. The zero-order chi connectivity index (χ0) is 13.2. The van der Waals surface area contributed by atoms with Crippen molar-refractivity contribution in [2.75, 3.05) is 11.1 Å². The highest BCUT2D eigenvalue weighted by molar-refractivity contribution is 7.89. The maximum Gasteiger partial charge on any atom is 0.238 e. The Bertz CT molecular complexity index is 637. The third kappa shape index (κ3) is 2.76. The van der Waals surface area contributed by atoms with Crippen LogP contribution in [0.4, 0.5) is 11.4 Å². The van der Waals surface area contributed by atoms with Gasteiger partial charge in [0, 0.05) is 0 Å². The predicted molar refractivity (Wildman–Crippen MR) is 65.9 cm³/mol. The Morgan fingerprint density at radius 3 is 2.78 bits per heavy atom. The lowest BCUT2D eigenvalue weighted by atomic mass is 10.2. The third-order valence-corrected chi connectivity index (χ3v) is 3.18. The summed E-state index contributed by atoms with van der Waals surface area (Å²) >= 11 is 0. The Balaban J connectivity index is 2.22. The Labute approximate surface area is 103 Å². The normalized spacial score (nSPS) is 11.4. The van der Waals surface area contributed by atoms with Gasteiger partial charge in [-0.3, -0.25) is 5.10 Å². The van der Waals surface area contributed by atoms with Crippen molar-refractivity contribution in [3.05, 3.63) is 30.4 Å². The van der Waals surface area contributed by atoms with Crippen molar-refractivity contribution >= 4 is 21.4 Å². The molecular weight excluding hydrogens is 256 g/mol. The van der Waals surface area contributed by atoms with Gasteiger partial charge < -0.3 is 11.1 Å². The van der Waals surface area contributed by atoms with Crippen LogP contribution in [0, 0.1) is 0 Å². The lowest BCUT2D eigenvalue weighted by molar-refractivity contribution is 0.598. The second kappa shape index (κ2) is 4.63. The number of hydrogen-bond donors (Lipinski definition) is 4.